The van der Waals surface area contributed by atoms with Gasteiger partial charge in [0.05, 0.1) is 26.2 Å². The molecular weight excluding hydrogens is 405 g/mol. The summed E-state index contributed by atoms with van der Waals surface area (Å²) in [5, 5.41) is 28.2. The predicted octanol–water partition coefficient (Wildman–Crippen LogP) is 3.70. The zero-order valence-corrected chi connectivity index (χ0v) is 16.0. The van der Waals surface area contributed by atoms with E-state index in [1.807, 2.05) is 0 Å². The average Bonchev–Trinajstić information content (AvgIpc) is 2.95. The number of carboxylic acid groups (broad SMARTS) is 1. The molecule has 0 atom stereocenters. The van der Waals surface area contributed by atoms with Gasteiger partial charge in [-0.25, -0.2) is 0 Å². The van der Waals surface area contributed by atoms with Crippen LogP contribution in [-0.4, -0.2) is 33.6 Å². The molecule has 0 fully saturated rings. The minimum absolute atomic E-state index is 0.0656. The monoisotopic (exact) mass is 417 g/mol. The Morgan fingerprint density at radius 3 is 2.72 bits per heavy atom. The van der Waals surface area contributed by atoms with Crippen molar-refractivity contribution in [2.24, 2.45) is 5.10 Å². The molecule has 4 N–H and O–H groups in total. The molecule has 132 valence electrons. The van der Waals surface area contributed by atoms with Crippen LogP contribution in [0.4, 0.5) is 0 Å². The first-order valence-electron chi connectivity index (χ1n) is 6.85. The van der Waals surface area contributed by atoms with Gasteiger partial charge in [0.15, 0.2) is 5.11 Å². The minimum Gasteiger partial charge on any atom is -0.506 e. The molecule has 2 rings (SSSR count). The van der Waals surface area contributed by atoms with Crippen molar-refractivity contribution in [3.05, 3.63) is 39.2 Å². The second-order valence-electron chi connectivity index (χ2n) is 4.84. The summed E-state index contributed by atoms with van der Waals surface area (Å²) >= 11 is 18.2. The number of carboxylic acids is 1. The molecule has 0 spiro atoms. The summed E-state index contributed by atoms with van der Waals surface area (Å²) in [4.78, 5) is 11.1. The molecule has 0 aliphatic heterocycles. The highest BCUT2D eigenvalue weighted by Gasteiger charge is 2.15. The van der Waals surface area contributed by atoms with E-state index in [0.717, 1.165) is 5.56 Å². The number of thiophene rings is 1. The number of aromatic hydroxyl groups is 1. The lowest BCUT2D eigenvalue weighted by Crippen LogP contribution is -2.36. The molecule has 2 aromatic rings. The summed E-state index contributed by atoms with van der Waals surface area (Å²) in [6, 6.07) is 5.10. The third kappa shape index (κ3) is 5.05. The summed E-state index contributed by atoms with van der Waals surface area (Å²) in [6.45, 7) is 1.37. The smallest absolute Gasteiger partial charge is 0.322 e. The zero-order valence-electron chi connectivity index (χ0n) is 12.8. The largest absolute Gasteiger partial charge is 0.506 e. The summed E-state index contributed by atoms with van der Waals surface area (Å²) in [6.07, 6.45) is 0. The maximum Gasteiger partial charge on any atom is 0.322 e. The fourth-order valence-electron chi connectivity index (χ4n) is 1.84. The molecule has 0 bridgehead atoms. The summed E-state index contributed by atoms with van der Waals surface area (Å²) in [5.74, 6) is -0.970. The summed E-state index contributed by atoms with van der Waals surface area (Å²) in [5.41, 5.74) is 4.28. The number of nitrogens with one attached hydrogen (secondary N) is 2. The van der Waals surface area contributed by atoms with Crippen LogP contribution in [0.3, 0.4) is 0 Å². The molecule has 0 amide bonds. The number of nitrogens with zero attached hydrogens (tertiary/aromatic N) is 1. The highest BCUT2D eigenvalue weighted by molar-refractivity contribution is 7.80. The van der Waals surface area contributed by atoms with E-state index in [0.29, 0.717) is 26.2 Å². The lowest BCUT2D eigenvalue weighted by Gasteiger charge is -2.06. The van der Waals surface area contributed by atoms with Gasteiger partial charge in [-0.05, 0) is 36.8 Å². The van der Waals surface area contributed by atoms with Gasteiger partial charge in [0.25, 0.3) is 0 Å². The molecule has 10 heteroatoms. The quantitative estimate of drug-likeness (QED) is 0.336. The fraction of sp³-hybridized carbons (Fsp3) is 0.133. The van der Waals surface area contributed by atoms with E-state index in [2.05, 4.69) is 15.8 Å². The molecule has 0 radical (unpaired) electrons. The van der Waals surface area contributed by atoms with Gasteiger partial charge in [-0.2, -0.15) is 5.10 Å². The van der Waals surface area contributed by atoms with Crippen molar-refractivity contribution in [1.29, 1.82) is 0 Å². The van der Waals surface area contributed by atoms with Crippen LogP contribution in [0.1, 0.15) is 12.5 Å². The first-order valence-corrected chi connectivity index (χ1v) is 8.90. The number of benzene rings is 1. The Labute approximate surface area is 163 Å². The second-order valence-corrected chi connectivity index (χ2v) is 6.94. The van der Waals surface area contributed by atoms with Crippen LogP contribution in [-0.2, 0) is 4.79 Å². The molecule has 25 heavy (non-hydrogen) atoms. The number of rotatable bonds is 5. The third-order valence-electron chi connectivity index (χ3n) is 3.06. The van der Waals surface area contributed by atoms with Gasteiger partial charge in [0, 0.05) is 5.38 Å². The van der Waals surface area contributed by atoms with E-state index in [4.69, 9.17) is 40.5 Å². The third-order valence-corrected chi connectivity index (χ3v) is 5.05. The van der Waals surface area contributed by atoms with Crippen molar-refractivity contribution in [1.82, 2.24) is 10.7 Å². The van der Waals surface area contributed by atoms with Gasteiger partial charge >= 0.3 is 5.97 Å². The Balaban J connectivity index is 2.16. The van der Waals surface area contributed by atoms with Crippen molar-refractivity contribution in [2.45, 2.75) is 6.92 Å². The predicted molar refractivity (Wildman–Crippen MR) is 105 cm³/mol. The molecule has 0 aliphatic rings. The number of carbonyl (C=O) groups is 1. The maximum atomic E-state index is 10.5. The highest BCUT2D eigenvalue weighted by Crippen LogP contribution is 2.40. The van der Waals surface area contributed by atoms with Gasteiger partial charge in [0.2, 0.25) is 0 Å². The van der Waals surface area contributed by atoms with Crippen LogP contribution in [0.25, 0.3) is 10.4 Å². The number of aliphatic carboxylic acids is 1. The van der Waals surface area contributed by atoms with Crippen LogP contribution >= 0.6 is 46.8 Å². The van der Waals surface area contributed by atoms with Crippen molar-refractivity contribution in [2.75, 3.05) is 6.54 Å². The lowest BCUT2D eigenvalue weighted by molar-refractivity contribution is -0.135. The fourth-order valence-corrected chi connectivity index (χ4v) is 3.26. The molecule has 1 aromatic heterocycles. The number of thiocarbonyl (C=S) groups is 1. The number of halogens is 2. The molecule has 0 saturated carbocycles. The number of hydrazone groups is 1. The van der Waals surface area contributed by atoms with Crippen molar-refractivity contribution < 1.29 is 15.0 Å². The maximum absolute atomic E-state index is 10.5. The van der Waals surface area contributed by atoms with Crippen molar-refractivity contribution in [3.8, 4) is 16.2 Å². The zero-order chi connectivity index (χ0) is 18.6. The van der Waals surface area contributed by atoms with Crippen molar-refractivity contribution in [3.63, 3.8) is 0 Å². The van der Waals surface area contributed by atoms with Gasteiger partial charge in [-0.3, -0.25) is 10.2 Å². The molecule has 0 aliphatic carbocycles. The summed E-state index contributed by atoms with van der Waals surface area (Å²) < 4.78 is 0. The number of hydrogen-bond donors (Lipinski definition) is 4. The van der Waals surface area contributed by atoms with E-state index < -0.39 is 5.97 Å². The van der Waals surface area contributed by atoms with Crippen LogP contribution < -0.4 is 10.7 Å². The first kappa shape index (κ1) is 19.5. The Morgan fingerprint density at radius 1 is 1.36 bits per heavy atom. The minimum atomic E-state index is -1.04. The van der Waals surface area contributed by atoms with Crippen LogP contribution in [0, 0.1) is 0 Å². The first-order chi connectivity index (χ1) is 11.8. The topological polar surface area (TPSA) is 94.0 Å². The van der Waals surface area contributed by atoms with E-state index in [1.165, 1.54) is 11.3 Å². The Bertz CT molecular complexity index is 853. The average molecular weight is 418 g/mol. The lowest BCUT2D eigenvalue weighted by atomic mass is 10.1. The molecular formula is C15H13Cl2N3O3S2. The van der Waals surface area contributed by atoms with E-state index >= 15 is 0 Å². The van der Waals surface area contributed by atoms with Crippen LogP contribution in [0.2, 0.25) is 10.0 Å². The van der Waals surface area contributed by atoms with Gasteiger partial charge in [0.1, 0.15) is 12.3 Å². The Hall–Kier alpha value is -1.87. The second kappa shape index (κ2) is 8.48. The molecule has 1 aromatic carbocycles. The molecule has 6 nitrogen and oxygen atoms in total. The molecule has 0 unspecified atom stereocenters. The van der Waals surface area contributed by atoms with Crippen molar-refractivity contribution >= 4 is 63.5 Å². The summed E-state index contributed by atoms with van der Waals surface area (Å²) in [7, 11) is 0. The van der Waals surface area contributed by atoms with Crippen LogP contribution in [0.15, 0.2) is 28.7 Å². The van der Waals surface area contributed by atoms with Gasteiger partial charge in [-0.15, -0.1) is 11.3 Å². The normalized spacial score (nSPS) is 11.2. The Kier molecular flexibility index (Phi) is 6.60. The van der Waals surface area contributed by atoms with Gasteiger partial charge < -0.3 is 15.5 Å². The highest BCUT2D eigenvalue weighted by atomic mass is 35.5. The number of hydrogen-bond acceptors (Lipinski definition) is 5. The van der Waals surface area contributed by atoms with E-state index in [9.17, 15) is 9.90 Å². The molecule has 0 saturated heterocycles. The van der Waals surface area contributed by atoms with E-state index in [1.54, 1.807) is 30.5 Å². The standard InChI is InChI=1S/C15H13Cl2N3O3S2/c1-7(19-20-15(24)18-5-12(21)22)9-6-25-14(13(9)23)8-2-3-10(16)11(17)4-8/h2-4,6,23H,5H2,1H3,(H,21,22)(H2,18,20,24)/b19-7+. The van der Waals surface area contributed by atoms with Crippen LogP contribution in [0.5, 0.6) is 5.75 Å². The van der Waals surface area contributed by atoms with Gasteiger partial charge in [-0.1, -0.05) is 29.3 Å². The SMILES string of the molecule is C/C(=N\NC(=S)NCC(=O)O)c1csc(-c2ccc(Cl)c(Cl)c2)c1O. The Morgan fingerprint density at radius 2 is 2.08 bits per heavy atom. The molecule has 1 heterocycles. The van der Waals surface area contributed by atoms with E-state index in [-0.39, 0.29) is 17.4 Å².